The molecule has 1 aromatic heterocycles. The third kappa shape index (κ3) is 2.75. The minimum Gasteiger partial charge on any atom is -0.348 e. The first-order valence-corrected chi connectivity index (χ1v) is 8.67. The molecule has 2 aliphatic heterocycles. The number of rotatable bonds is 2. The van der Waals surface area contributed by atoms with Crippen molar-refractivity contribution in [2.45, 2.75) is 24.9 Å². The van der Waals surface area contributed by atoms with Crippen LogP contribution in [0.25, 0.3) is 0 Å². The van der Waals surface area contributed by atoms with Crippen molar-refractivity contribution in [2.75, 3.05) is 11.9 Å². The van der Waals surface area contributed by atoms with Gasteiger partial charge in [-0.15, -0.1) is 0 Å². The molecule has 2 aliphatic rings. The fourth-order valence-electron chi connectivity index (χ4n) is 3.69. The maximum Gasteiger partial charge on any atom is 0.268 e. The molecule has 0 spiro atoms. The summed E-state index contributed by atoms with van der Waals surface area (Å²) in [6.45, 7) is 0.434. The van der Waals surface area contributed by atoms with E-state index < -0.39 is 6.04 Å². The fraction of sp³-hybridized carbons (Fsp3) is 0.316. The zero-order valence-corrected chi connectivity index (χ0v) is 14.4. The number of para-hydroxylation sites is 1. The summed E-state index contributed by atoms with van der Waals surface area (Å²) in [5.41, 5.74) is 1.62. The van der Waals surface area contributed by atoms with Crippen LogP contribution in [-0.4, -0.2) is 45.8 Å². The number of piperidine rings is 1. The van der Waals surface area contributed by atoms with Crippen molar-refractivity contribution in [3.63, 3.8) is 0 Å². The molecule has 134 valence electrons. The number of carbonyl (C=O) groups is 3. The third-order valence-corrected chi connectivity index (χ3v) is 5.09. The monoisotopic (exact) mass is 352 g/mol. The van der Waals surface area contributed by atoms with Gasteiger partial charge in [-0.25, -0.2) is 0 Å². The second-order valence-electron chi connectivity index (χ2n) is 6.75. The Morgan fingerprint density at radius 1 is 1.19 bits per heavy atom. The average Bonchev–Trinajstić information content (AvgIpc) is 3.03. The number of carbonyl (C=O) groups excluding carboxylic acids is 3. The standard InChI is InChI=1S/C19H20N4O3/c1-22-9-4-7-15(22)17(24)20-12-8-10-23-16(11-12)18(25)21-14-6-3-2-5-13(14)19(23)26/h2-7,9,12,16H,8,10-11H2,1H3,(H,20,24)(H,21,25). The zero-order valence-electron chi connectivity index (χ0n) is 14.4. The van der Waals surface area contributed by atoms with Gasteiger partial charge in [0.1, 0.15) is 11.7 Å². The first kappa shape index (κ1) is 16.4. The van der Waals surface area contributed by atoms with Crippen LogP contribution < -0.4 is 10.6 Å². The van der Waals surface area contributed by atoms with E-state index in [1.807, 2.05) is 19.3 Å². The van der Waals surface area contributed by atoms with E-state index in [-0.39, 0.29) is 23.8 Å². The van der Waals surface area contributed by atoms with Crippen LogP contribution in [0.2, 0.25) is 0 Å². The van der Waals surface area contributed by atoms with Crippen LogP contribution in [-0.2, 0) is 11.8 Å². The molecule has 2 N–H and O–H groups in total. The number of hydrogen-bond acceptors (Lipinski definition) is 3. The molecular formula is C19H20N4O3. The fourth-order valence-corrected chi connectivity index (χ4v) is 3.69. The molecule has 1 fully saturated rings. The summed E-state index contributed by atoms with van der Waals surface area (Å²) in [5.74, 6) is -0.517. The minimum absolute atomic E-state index is 0.142. The number of hydrogen-bond donors (Lipinski definition) is 2. The Kier molecular flexibility index (Phi) is 3.99. The average molecular weight is 352 g/mol. The van der Waals surface area contributed by atoms with Gasteiger partial charge in [0, 0.05) is 25.8 Å². The van der Waals surface area contributed by atoms with E-state index >= 15 is 0 Å². The van der Waals surface area contributed by atoms with Crippen molar-refractivity contribution in [3.8, 4) is 0 Å². The van der Waals surface area contributed by atoms with E-state index in [0.717, 1.165) is 0 Å². The van der Waals surface area contributed by atoms with Gasteiger partial charge in [0.05, 0.1) is 11.3 Å². The van der Waals surface area contributed by atoms with Crippen molar-refractivity contribution in [3.05, 3.63) is 53.9 Å². The van der Waals surface area contributed by atoms with Crippen molar-refractivity contribution in [1.82, 2.24) is 14.8 Å². The van der Waals surface area contributed by atoms with E-state index in [9.17, 15) is 14.4 Å². The number of aromatic nitrogens is 1. The smallest absolute Gasteiger partial charge is 0.268 e. The molecular weight excluding hydrogens is 332 g/mol. The number of anilines is 1. The van der Waals surface area contributed by atoms with Crippen LogP contribution in [0.3, 0.4) is 0 Å². The molecule has 7 heteroatoms. The summed E-state index contributed by atoms with van der Waals surface area (Å²) >= 11 is 0. The highest BCUT2D eigenvalue weighted by Crippen LogP contribution is 2.28. The van der Waals surface area contributed by atoms with E-state index in [0.29, 0.717) is 36.3 Å². The molecule has 1 aromatic carbocycles. The van der Waals surface area contributed by atoms with Gasteiger partial charge in [0.25, 0.3) is 11.8 Å². The summed E-state index contributed by atoms with van der Waals surface area (Å²) in [6, 6.07) is 9.87. The van der Waals surface area contributed by atoms with Crippen molar-refractivity contribution in [1.29, 1.82) is 0 Å². The third-order valence-electron chi connectivity index (χ3n) is 5.09. The Morgan fingerprint density at radius 2 is 2.00 bits per heavy atom. The topological polar surface area (TPSA) is 83.4 Å². The number of fused-ring (bicyclic) bond motifs is 2. The van der Waals surface area contributed by atoms with Crippen LogP contribution in [0.1, 0.15) is 33.7 Å². The van der Waals surface area contributed by atoms with Gasteiger partial charge in [0.15, 0.2) is 0 Å². The highest BCUT2D eigenvalue weighted by Gasteiger charge is 2.40. The van der Waals surface area contributed by atoms with Crippen molar-refractivity contribution < 1.29 is 14.4 Å². The molecule has 0 saturated carbocycles. The van der Waals surface area contributed by atoms with Crippen LogP contribution in [0, 0.1) is 0 Å². The Labute approximate surface area is 151 Å². The largest absolute Gasteiger partial charge is 0.348 e. The lowest BCUT2D eigenvalue weighted by Gasteiger charge is -2.37. The maximum atomic E-state index is 12.8. The molecule has 3 heterocycles. The molecule has 4 rings (SSSR count). The van der Waals surface area contributed by atoms with E-state index in [1.165, 1.54) is 0 Å². The lowest BCUT2D eigenvalue weighted by Crippen LogP contribution is -2.55. The zero-order chi connectivity index (χ0) is 18.3. The van der Waals surface area contributed by atoms with Crippen LogP contribution >= 0.6 is 0 Å². The molecule has 0 radical (unpaired) electrons. The molecule has 2 atom stereocenters. The van der Waals surface area contributed by atoms with Gasteiger partial charge in [-0.3, -0.25) is 14.4 Å². The Hall–Kier alpha value is -3.09. The van der Waals surface area contributed by atoms with Gasteiger partial charge < -0.3 is 20.1 Å². The molecule has 1 saturated heterocycles. The molecule has 0 aliphatic carbocycles. The predicted molar refractivity (Wildman–Crippen MR) is 95.8 cm³/mol. The van der Waals surface area contributed by atoms with Gasteiger partial charge in [-0.1, -0.05) is 12.1 Å². The lowest BCUT2D eigenvalue weighted by atomic mass is 9.96. The van der Waals surface area contributed by atoms with Crippen LogP contribution in [0.5, 0.6) is 0 Å². The highest BCUT2D eigenvalue weighted by molar-refractivity contribution is 6.10. The maximum absolute atomic E-state index is 12.8. The number of amides is 3. The summed E-state index contributed by atoms with van der Waals surface area (Å²) in [7, 11) is 1.81. The first-order valence-electron chi connectivity index (χ1n) is 8.67. The molecule has 3 amide bonds. The normalized spacial score (nSPS) is 22.1. The Bertz CT molecular complexity index is 888. The molecule has 26 heavy (non-hydrogen) atoms. The first-order chi connectivity index (χ1) is 12.5. The quantitative estimate of drug-likeness (QED) is 0.856. The van der Waals surface area contributed by atoms with Crippen LogP contribution in [0.15, 0.2) is 42.6 Å². The summed E-state index contributed by atoms with van der Waals surface area (Å²) < 4.78 is 1.75. The summed E-state index contributed by atoms with van der Waals surface area (Å²) in [5, 5.41) is 5.84. The summed E-state index contributed by atoms with van der Waals surface area (Å²) in [4.78, 5) is 39.5. The Morgan fingerprint density at radius 3 is 2.77 bits per heavy atom. The second-order valence-corrected chi connectivity index (χ2v) is 6.75. The van der Waals surface area contributed by atoms with Crippen molar-refractivity contribution in [2.24, 2.45) is 7.05 Å². The number of aryl methyl sites for hydroxylation is 1. The second kappa shape index (κ2) is 6.33. The summed E-state index contributed by atoms with van der Waals surface area (Å²) in [6.07, 6.45) is 2.84. The minimum atomic E-state index is -0.581. The van der Waals surface area contributed by atoms with Crippen LogP contribution in [0.4, 0.5) is 5.69 Å². The molecule has 7 nitrogen and oxygen atoms in total. The number of benzene rings is 1. The predicted octanol–water partition coefficient (Wildman–Crippen LogP) is 1.38. The molecule has 2 unspecified atom stereocenters. The van der Waals surface area contributed by atoms with E-state index in [2.05, 4.69) is 10.6 Å². The van der Waals surface area contributed by atoms with E-state index in [1.54, 1.807) is 39.8 Å². The lowest BCUT2D eigenvalue weighted by molar-refractivity contribution is -0.121. The Balaban J connectivity index is 1.52. The molecule has 0 bridgehead atoms. The van der Waals surface area contributed by atoms with E-state index in [4.69, 9.17) is 0 Å². The number of nitrogens with zero attached hydrogens (tertiary/aromatic N) is 2. The SMILES string of the molecule is Cn1cccc1C(=O)NC1CCN2C(=O)c3ccccc3NC(=O)C2C1. The van der Waals surface area contributed by atoms with Gasteiger partial charge in [-0.2, -0.15) is 0 Å². The highest BCUT2D eigenvalue weighted by atomic mass is 16.2. The van der Waals surface area contributed by atoms with Gasteiger partial charge in [-0.05, 0) is 37.1 Å². The van der Waals surface area contributed by atoms with Gasteiger partial charge >= 0.3 is 0 Å². The van der Waals surface area contributed by atoms with Crippen molar-refractivity contribution >= 4 is 23.4 Å². The molecule has 2 aromatic rings. The van der Waals surface area contributed by atoms with Gasteiger partial charge in [0.2, 0.25) is 5.91 Å². The number of nitrogens with one attached hydrogen (secondary N) is 2.